The van der Waals surface area contributed by atoms with Gasteiger partial charge in [0.1, 0.15) is 0 Å². The van der Waals surface area contributed by atoms with Crippen molar-refractivity contribution in [3.63, 3.8) is 0 Å². The third kappa shape index (κ3) is 4.53. The second-order valence-electron chi connectivity index (χ2n) is 1.83. The van der Waals surface area contributed by atoms with Gasteiger partial charge in [-0.25, -0.2) is 0 Å². The van der Waals surface area contributed by atoms with E-state index < -0.39 is 12.7 Å². The third-order valence-corrected chi connectivity index (χ3v) is 1.09. The van der Waals surface area contributed by atoms with Gasteiger partial charge in [0.2, 0.25) is 0 Å². The summed E-state index contributed by atoms with van der Waals surface area (Å²) in [6.45, 7) is 3.53. The van der Waals surface area contributed by atoms with Crippen molar-refractivity contribution in [2.45, 2.75) is 25.5 Å². The summed E-state index contributed by atoms with van der Waals surface area (Å²) in [5.41, 5.74) is 0. The number of rotatable bonds is 6. The molecule has 60 valence electrons. The average Bonchev–Trinajstić information content (AvgIpc) is 2.03. The minimum Gasteiger partial charge on any atom is -0.356 e. The van der Waals surface area contributed by atoms with E-state index >= 15 is 0 Å². The molecular weight excluding hydrogens is 128 g/mol. The molecule has 0 saturated heterocycles. The molecule has 0 N–H and O–H groups in total. The van der Waals surface area contributed by atoms with E-state index in [0.29, 0.717) is 12.8 Å². The first-order valence-electron chi connectivity index (χ1n) is 4.25. The first kappa shape index (κ1) is 6.38. The van der Waals surface area contributed by atoms with Crippen molar-refractivity contribution < 1.29 is 12.2 Å². The molecule has 0 aliphatic heterocycles. The van der Waals surface area contributed by atoms with Gasteiger partial charge in [0.15, 0.2) is 6.29 Å². The van der Waals surface area contributed by atoms with Crippen LogP contribution < -0.4 is 0 Å². The van der Waals surface area contributed by atoms with Crippen molar-refractivity contribution in [1.29, 1.82) is 0 Å². The molecule has 0 heterocycles. The molecule has 2 heteroatoms. The van der Waals surface area contributed by atoms with Crippen molar-refractivity contribution >= 4 is 0 Å². The normalized spacial score (nSPS) is 14.7. The Morgan fingerprint density at radius 3 is 2.60 bits per heavy atom. The highest BCUT2D eigenvalue weighted by Crippen LogP contribution is 2.04. The van der Waals surface area contributed by atoms with Gasteiger partial charge in [-0.3, -0.25) is 0 Å². The largest absolute Gasteiger partial charge is 0.356 e. The SMILES string of the molecule is [2H]C([2H])(CCC=C)C(OC)OC. The topological polar surface area (TPSA) is 18.5 Å². The summed E-state index contributed by atoms with van der Waals surface area (Å²) in [5, 5.41) is 0. The summed E-state index contributed by atoms with van der Waals surface area (Å²) < 4.78 is 24.8. The van der Waals surface area contributed by atoms with E-state index in [0.717, 1.165) is 0 Å². The Morgan fingerprint density at radius 2 is 2.20 bits per heavy atom. The van der Waals surface area contributed by atoms with Crippen molar-refractivity contribution in [2.75, 3.05) is 14.2 Å². The predicted molar refractivity (Wildman–Crippen MR) is 41.9 cm³/mol. The predicted octanol–water partition coefficient (Wildman–Crippen LogP) is 1.96. The van der Waals surface area contributed by atoms with E-state index in [4.69, 9.17) is 12.2 Å². The smallest absolute Gasteiger partial charge is 0.156 e. The zero-order valence-electron chi connectivity index (χ0n) is 8.59. The van der Waals surface area contributed by atoms with E-state index in [1.54, 1.807) is 6.08 Å². The molecule has 0 bridgehead atoms. The lowest BCUT2D eigenvalue weighted by Crippen LogP contribution is -2.11. The number of hydrogen-bond donors (Lipinski definition) is 0. The van der Waals surface area contributed by atoms with E-state index in [1.807, 2.05) is 0 Å². The van der Waals surface area contributed by atoms with Gasteiger partial charge in [-0.2, -0.15) is 0 Å². The number of hydrogen-bond acceptors (Lipinski definition) is 2. The van der Waals surface area contributed by atoms with Crippen LogP contribution >= 0.6 is 0 Å². The maximum Gasteiger partial charge on any atom is 0.156 e. The van der Waals surface area contributed by atoms with Crippen LogP contribution in [-0.4, -0.2) is 20.5 Å². The lowest BCUT2D eigenvalue weighted by molar-refractivity contribution is -0.106. The number of ether oxygens (including phenoxy) is 2. The van der Waals surface area contributed by atoms with Crippen LogP contribution in [0.4, 0.5) is 0 Å². The molecule has 0 aliphatic rings. The molecule has 0 atom stereocenters. The Bertz CT molecular complexity index is 133. The molecule has 0 radical (unpaired) electrons. The van der Waals surface area contributed by atoms with Crippen molar-refractivity contribution in [2.24, 2.45) is 0 Å². The molecule has 0 unspecified atom stereocenters. The first-order chi connectivity index (χ1) is 5.58. The Labute approximate surface area is 65.6 Å². The van der Waals surface area contributed by atoms with Crippen molar-refractivity contribution in [3.8, 4) is 0 Å². The molecule has 0 amide bonds. The van der Waals surface area contributed by atoms with E-state index in [-0.39, 0.29) is 0 Å². The molecule has 0 aromatic carbocycles. The minimum absolute atomic E-state index is 0.364. The Kier molecular flexibility index (Phi) is 4.32. The monoisotopic (exact) mass is 146 g/mol. The van der Waals surface area contributed by atoms with Gasteiger partial charge in [-0.15, -0.1) is 6.58 Å². The van der Waals surface area contributed by atoms with Crippen molar-refractivity contribution in [3.05, 3.63) is 12.7 Å². The summed E-state index contributed by atoms with van der Waals surface area (Å²) in [4.78, 5) is 0. The summed E-state index contributed by atoms with van der Waals surface area (Å²) >= 11 is 0. The van der Waals surface area contributed by atoms with E-state index in [2.05, 4.69) is 6.58 Å². The maximum absolute atomic E-state index is 7.56. The first-order valence-corrected chi connectivity index (χ1v) is 3.25. The zero-order chi connectivity index (χ0) is 9.61. The number of methoxy groups -OCH3 is 2. The van der Waals surface area contributed by atoms with Gasteiger partial charge in [-0.1, -0.05) is 6.08 Å². The van der Waals surface area contributed by atoms with Crippen LogP contribution in [0.3, 0.4) is 0 Å². The molecule has 0 aromatic rings. The third-order valence-electron chi connectivity index (χ3n) is 1.09. The fraction of sp³-hybridized carbons (Fsp3) is 0.750. The van der Waals surface area contributed by atoms with Gasteiger partial charge in [0, 0.05) is 17.0 Å². The molecule has 0 aromatic heterocycles. The van der Waals surface area contributed by atoms with Crippen LogP contribution in [0.25, 0.3) is 0 Å². The lowest BCUT2D eigenvalue weighted by Gasteiger charge is -2.11. The minimum atomic E-state index is -1.45. The fourth-order valence-corrected chi connectivity index (χ4v) is 0.566. The second-order valence-corrected chi connectivity index (χ2v) is 1.83. The van der Waals surface area contributed by atoms with Gasteiger partial charge < -0.3 is 9.47 Å². The van der Waals surface area contributed by atoms with Gasteiger partial charge >= 0.3 is 0 Å². The molecule has 0 saturated carbocycles. The molecule has 0 fully saturated rings. The highest BCUT2D eigenvalue weighted by atomic mass is 16.7. The zero-order valence-corrected chi connectivity index (χ0v) is 6.59. The standard InChI is InChI=1S/C8H16O2/c1-4-5-6-7-8(9-2)10-3/h4,8H,1,5-7H2,2-3H3/i7D2. The van der Waals surface area contributed by atoms with E-state index in [1.165, 1.54) is 14.2 Å². The molecule has 2 nitrogen and oxygen atoms in total. The van der Waals surface area contributed by atoms with Crippen LogP contribution in [0.5, 0.6) is 0 Å². The van der Waals surface area contributed by atoms with Gasteiger partial charge in [-0.05, 0) is 19.2 Å². The molecule has 0 spiro atoms. The summed E-state index contributed by atoms with van der Waals surface area (Å²) in [6, 6.07) is 0. The Morgan fingerprint density at radius 1 is 1.60 bits per heavy atom. The molecular formula is C8H16O2. The van der Waals surface area contributed by atoms with Gasteiger partial charge in [0.05, 0.1) is 0 Å². The second kappa shape index (κ2) is 6.78. The Balaban J connectivity index is 4.04. The van der Waals surface area contributed by atoms with Crippen LogP contribution in [-0.2, 0) is 9.47 Å². The van der Waals surface area contributed by atoms with Crippen LogP contribution in [0.1, 0.15) is 22.0 Å². The van der Waals surface area contributed by atoms with Crippen LogP contribution in [0.15, 0.2) is 12.7 Å². The highest BCUT2D eigenvalue weighted by Gasteiger charge is 2.01. The van der Waals surface area contributed by atoms with Gasteiger partial charge in [0.25, 0.3) is 0 Å². The highest BCUT2D eigenvalue weighted by molar-refractivity contribution is 4.65. The molecule has 0 rings (SSSR count). The average molecular weight is 146 g/mol. The quantitative estimate of drug-likeness (QED) is 0.421. The number of allylic oxidation sites excluding steroid dienone is 1. The van der Waals surface area contributed by atoms with Crippen LogP contribution in [0, 0.1) is 0 Å². The Hall–Kier alpha value is -0.340. The molecule has 10 heavy (non-hydrogen) atoms. The summed E-state index contributed by atoms with van der Waals surface area (Å²) in [6.07, 6.45) is 0.425. The molecule has 0 aliphatic carbocycles. The summed E-state index contributed by atoms with van der Waals surface area (Å²) in [7, 11) is 2.86. The van der Waals surface area contributed by atoms with Crippen molar-refractivity contribution in [1.82, 2.24) is 0 Å². The summed E-state index contributed by atoms with van der Waals surface area (Å²) in [5.74, 6) is 0. The van der Waals surface area contributed by atoms with Crippen LogP contribution in [0.2, 0.25) is 0 Å². The maximum atomic E-state index is 7.56. The lowest BCUT2D eigenvalue weighted by atomic mass is 10.2. The fourth-order valence-electron chi connectivity index (χ4n) is 0.566. The van der Waals surface area contributed by atoms with E-state index in [9.17, 15) is 0 Å².